The zero-order valence-electron chi connectivity index (χ0n) is 12.4. The van der Waals surface area contributed by atoms with E-state index in [4.69, 9.17) is 17.3 Å². The second-order valence-corrected chi connectivity index (χ2v) is 7.93. The van der Waals surface area contributed by atoms with Crippen LogP contribution in [0.1, 0.15) is 18.4 Å². The number of hydrogen-bond donors (Lipinski definition) is 1. The Labute approximate surface area is 131 Å². The molecule has 0 aromatic heterocycles. The van der Waals surface area contributed by atoms with Crippen LogP contribution in [0, 0.1) is 0 Å². The molecule has 5 nitrogen and oxygen atoms in total. The molecule has 0 aliphatic carbocycles. The molecule has 2 rings (SSSR count). The largest absolute Gasteiger partial charge is 0.326 e. The van der Waals surface area contributed by atoms with Gasteiger partial charge in [0, 0.05) is 30.7 Å². The van der Waals surface area contributed by atoms with Crippen molar-refractivity contribution in [3.05, 3.63) is 28.8 Å². The van der Waals surface area contributed by atoms with E-state index in [9.17, 15) is 8.42 Å². The van der Waals surface area contributed by atoms with Gasteiger partial charge in [-0.15, -0.1) is 0 Å². The molecule has 21 heavy (non-hydrogen) atoms. The molecule has 1 aliphatic rings. The summed E-state index contributed by atoms with van der Waals surface area (Å²) in [5.74, 6) is 0. The molecule has 0 bridgehead atoms. The van der Waals surface area contributed by atoms with Gasteiger partial charge in [0.2, 0.25) is 10.0 Å². The predicted molar refractivity (Wildman–Crippen MR) is 84.8 cm³/mol. The van der Waals surface area contributed by atoms with Crippen molar-refractivity contribution < 1.29 is 8.42 Å². The highest BCUT2D eigenvalue weighted by Crippen LogP contribution is 2.28. The summed E-state index contributed by atoms with van der Waals surface area (Å²) in [6, 6.07) is 4.78. The van der Waals surface area contributed by atoms with Crippen LogP contribution in [-0.2, 0) is 16.6 Å². The molecule has 1 aromatic carbocycles. The number of nitrogens with zero attached hydrogens (tertiary/aromatic N) is 2. The first kappa shape index (κ1) is 16.7. The highest BCUT2D eigenvalue weighted by atomic mass is 35.5. The lowest BCUT2D eigenvalue weighted by Gasteiger charge is -2.26. The Morgan fingerprint density at radius 2 is 2.14 bits per heavy atom. The molecular formula is C14H22ClN3O2S. The molecule has 1 heterocycles. The van der Waals surface area contributed by atoms with E-state index in [0.717, 1.165) is 19.4 Å². The van der Waals surface area contributed by atoms with E-state index in [1.54, 1.807) is 22.5 Å². The SMILES string of the molecule is CN(C)CC1CCCN1S(=O)(=O)c1ccc(Cl)c(CN)c1. The highest BCUT2D eigenvalue weighted by Gasteiger charge is 2.35. The molecule has 1 saturated heterocycles. The molecule has 0 radical (unpaired) electrons. The van der Waals surface area contributed by atoms with Gasteiger partial charge in [0.25, 0.3) is 0 Å². The first-order valence-electron chi connectivity index (χ1n) is 7.01. The maximum absolute atomic E-state index is 12.8. The van der Waals surface area contributed by atoms with E-state index in [1.807, 2.05) is 19.0 Å². The van der Waals surface area contributed by atoms with Crippen LogP contribution < -0.4 is 5.73 Å². The van der Waals surface area contributed by atoms with E-state index < -0.39 is 10.0 Å². The lowest BCUT2D eigenvalue weighted by atomic mass is 10.2. The molecule has 0 saturated carbocycles. The van der Waals surface area contributed by atoms with Crippen LogP contribution in [0.15, 0.2) is 23.1 Å². The Bertz CT molecular complexity index is 604. The smallest absolute Gasteiger partial charge is 0.243 e. The van der Waals surface area contributed by atoms with E-state index in [-0.39, 0.29) is 17.5 Å². The number of halogens is 1. The fourth-order valence-electron chi connectivity index (χ4n) is 2.73. The topological polar surface area (TPSA) is 66.6 Å². The zero-order chi connectivity index (χ0) is 15.6. The first-order chi connectivity index (χ1) is 9.86. The van der Waals surface area contributed by atoms with Crippen molar-refractivity contribution in [2.45, 2.75) is 30.3 Å². The number of nitrogens with two attached hydrogens (primary N) is 1. The monoisotopic (exact) mass is 331 g/mol. The third kappa shape index (κ3) is 3.57. The summed E-state index contributed by atoms with van der Waals surface area (Å²) in [6.07, 6.45) is 1.80. The van der Waals surface area contributed by atoms with Gasteiger partial charge in [-0.2, -0.15) is 4.31 Å². The van der Waals surface area contributed by atoms with Crippen LogP contribution >= 0.6 is 11.6 Å². The van der Waals surface area contributed by atoms with E-state index in [2.05, 4.69) is 0 Å². The van der Waals surface area contributed by atoms with Crippen molar-refractivity contribution in [3.63, 3.8) is 0 Å². The lowest BCUT2D eigenvalue weighted by molar-refractivity contribution is 0.291. The number of hydrogen-bond acceptors (Lipinski definition) is 4. The third-order valence-electron chi connectivity index (χ3n) is 3.74. The minimum atomic E-state index is -3.49. The van der Waals surface area contributed by atoms with Gasteiger partial charge in [-0.1, -0.05) is 11.6 Å². The first-order valence-corrected chi connectivity index (χ1v) is 8.83. The quantitative estimate of drug-likeness (QED) is 0.888. The highest BCUT2D eigenvalue weighted by molar-refractivity contribution is 7.89. The second-order valence-electron chi connectivity index (χ2n) is 5.63. The van der Waals surface area contributed by atoms with Crippen LogP contribution in [0.2, 0.25) is 5.02 Å². The van der Waals surface area contributed by atoms with Crippen molar-refractivity contribution in [3.8, 4) is 0 Å². The van der Waals surface area contributed by atoms with Gasteiger partial charge in [0.1, 0.15) is 0 Å². The normalized spacial score (nSPS) is 20.3. The number of likely N-dealkylation sites (N-methyl/N-ethyl adjacent to an activating group) is 1. The van der Waals surface area contributed by atoms with Crippen molar-refractivity contribution in [1.29, 1.82) is 0 Å². The van der Waals surface area contributed by atoms with E-state index in [0.29, 0.717) is 17.1 Å². The van der Waals surface area contributed by atoms with Crippen molar-refractivity contribution in [1.82, 2.24) is 9.21 Å². The molecule has 7 heteroatoms. The van der Waals surface area contributed by atoms with Crippen LogP contribution in [0.25, 0.3) is 0 Å². The average molecular weight is 332 g/mol. The summed E-state index contributed by atoms with van der Waals surface area (Å²) in [7, 11) is 0.422. The fraction of sp³-hybridized carbons (Fsp3) is 0.571. The third-order valence-corrected chi connectivity index (χ3v) is 6.06. The Balaban J connectivity index is 2.33. The van der Waals surface area contributed by atoms with Crippen LogP contribution in [0.3, 0.4) is 0 Å². The number of sulfonamides is 1. The second kappa shape index (κ2) is 6.62. The molecule has 0 amide bonds. The minimum Gasteiger partial charge on any atom is -0.326 e. The molecule has 2 N–H and O–H groups in total. The molecule has 1 unspecified atom stereocenters. The van der Waals surface area contributed by atoms with Crippen LogP contribution in [0.5, 0.6) is 0 Å². The molecule has 0 spiro atoms. The zero-order valence-corrected chi connectivity index (χ0v) is 14.0. The Morgan fingerprint density at radius 1 is 1.43 bits per heavy atom. The summed E-state index contributed by atoms with van der Waals surface area (Å²) in [4.78, 5) is 2.30. The van der Waals surface area contributed by atoms with Gasteiger partial charge in [0.05, 0.1) is 4.90 Å². The van der Waals surface area contributed by atoms with Crippen molar-refractivity contribution in [2.24, 2.45) is 5.73 Å². The standard InChI is InChI=1S/C14H22ClN3O2S/c1-17(2)10-12-4-3-7-18(12)21(19,20)13-5-6-14(15)11(8-13)9-16/h5-6,8,12H,3-4,7,9-10,16H2,1-2H3. The van der Waals surface area contributed by atoms with Crippen molar-refractivity contribution >= 4 is 21.6 Å². The molecule has 1 atom stereocenters. The van der Waals surface area contributed by atoms with Crippen LogP contribution in [-0.4, -0.2) is 50.8 Å². The maximum atomic E-state index is 12.8. The summed E-state index contributed by atoms with van der Waals surface area (Å²) in [5.41, 5.74) is 6.26. The van der Waals surface area contributed by atoms with Gasteiger partial charge in [-0.05, 0) is 50.7 Å². The van der Waals surface area contributed by atoms with Crippen molar-refractivity contribution in [2.75, 3.05) is 27.2 Å². The van der Waals surface area contributed by atoms with Gasteiger partial charge < -0.3 is 10.6 Å². The Hall–Kier alpha value is -0.660. The van der Waals surface area contributed by atoms with Gasteiger partial charge in [-0.25, -0.2) is 8.42 Å². The summed E-state index contributed by atoms with van der Waals surface area (Å²) in [5, 5.41) is 0.503. The fourth-order valence-corrected chi connectivity index (χ4v) is 4.66. The maximum Gasteiger partial charge on any atom is 0.243 e. The van der Waals surface area contributed by atoms with Gasteiger partial charge >= 0.3 is 0 Å². The Kier molecular flexibility index (Phi) is 5.27. The molecule has 1 fully saturated rings. The summed E-state index contributed by atoms with van der Waals surface area (Å²) in [6.45, 7) is 1.53. The number of rotatable bonds is 5. The summed E-state index contributed by atoms with van der Waals surface area (Å²) >= 11 is 6.01. The summed E-state index contributed by atoms with van der Waals surface area (Å²) < 4.78 is 27.3. The van der Waals surface area contributed by atoms with Gasteiger partial charge in [0.15, 0.2) is 0 Å². The predicted octanol–water partition coefficient (Wildman–Crippen LogP) is 1.51. The molecule has 1 aliphatic heterocycles. The molecular weight excluding hydrogens is 310 g/mol. The van der Waals surface area contributed by atoms with Crippen LogP contribution in [0.4, 0.5) is 0 Å². The Morgan fingerprint density at radius 3 is 2.76 bits per heavy atom. The molecule has 118 valence electrons. The molecule has 1 aromatic rings. The van der Waals surface area contributed by atoms with Gasteiger partial charge in [-0.3, -0.25) is 0 Å². The number of benzene rings is 1. The lowest BCUT2D eigenvalue weighted by Crippen LogP contribution is -2.41. The average Bonchev–Trinajstić information content (AvgIpc) is 2.87. The minimum absolute atomic E-state index is 0.0296. The van der Waals surface area contributed by atoms with E-state index in [1.165, 1.54) is 0 Å². The van der Waals surface area contributed by atoms with E-state index >= 15 is 0 Å².